The number of carbonyl (C=O) groups excluding carboxylic acids is 1. The molecule has 0 atom stereocenters. The van der Waals surface area contributed by atoms with Gasteiger partial charge in [0.2, 0.25) is 11.9 Å². The molecule has 3 heterocycles. The molecule has 0 radical (unpaired) electrons. The molecule has 136 valence electrons. The van der Waals surface area contributed by atoms with Crippen LogP contribution in [-0.4, -0.2) is 37.2 Å². The van der Waals surface area contributed by atoms with E-state index in [0.29, 0.717) is 22.5 Å². The van der Waals surface area contributed by atoms with Crippen molar-refractivity contribution in [3.63, 3.8) is 0 Å². The molecular weight excluding hydrogens is 351 g/mol. The molecule has 0 aliphatic heterocycles. The number of methoxy groups -OCH3 is 1. The van der Waals surface area contributed by atoms with E-state index >= 15 is 0 Å². The molecule has 0 saturated carbocycles. The summed E-state index contributed by atoms with van der Waals surface area (Å²) in [7, 11) is 1.53. The second kappa shape index (κ2) is 6.87. The van der Waals surface area contributed by atoms with Crippen LogP contribution in [-0.2, 0) is 11.3 Å². The van der Waals surface area contributed by atoms with Crippen LogP contribution >= 0.6 is 0 Å². The number of hydrogen-bond acceptors (Lipinski definition) is 5. The van der Waals surface area contributed by atoms with Crippen molar-refractivity contribution in [3.05, 3.63) is 61.1 Å². The van der Waals surface area contributed by atoms with Crippen LogP contribution in [0.2, 0.25) is 0 Å². The van der Waals surface area contributed by atoms with Gasteiger partial charge in [0.25, 0.3) is 0 Å². The molecule has 1 N–H and O–H groups in total. The Labute approximate surface area is 153 Å². The van der Waals surface area contributed by atoms with Crippen LogP contribution in [0.4, 0.5) is 10.3 Å². The zero-order chi connectivity index (χ0) is 18.8. The number of benzene rings is 1. The molecule has 27 heavy (non-hydrogen) atoms. The Morgan fingerprint density at radius 1 is 1.30 bits per heavy atom. The molecule has 1 aromatic carbocycles. The van der Waals surface area contributed by atoms with Crippen molar-refractivity contribution in [2.45, 2.75) is 6.54 Å². The third-order valence-electron chi connectivity index (χ3n) is 3.94. The van der Waals surface area contributed by atoms with Crippen LogP contribution in [0.25, 0.3) is 16.8 Å². The Morgan fingerprint density at radius 3 is 2.96 bits per heavy atom. The van der Waals surface area contributed by atoms with Crippen LogP contribution in [0.5, 0.6) is 5.75 Å². The number of aromatic nitrogens is 5. The number of nitrogens with zero attached hydrogens (tertiary/aromatic N) is 5. The van der Waals surface area contributed by atoms with E-state index < -0.39 is 0 Å². The summed E-state index contributed by atoms with van der Waals surface area (Å²) >= 11 is 0. The highest BCUT2D eigenvalue weighted by Crippen LogP contribution is 2.30. The Kier molecular flexibility index (Phi) is 4.25. The number of fused-ring (bicyclic) bond motifs is 1. The Balaban J connectivity index is 1.60. The number of nitrogens with one attached hydrogen (secondary N) is 1. The van der Waals surface area contributed by atoms with Gasteiger partial charge in [-0.25, -0.2) is 13.9 Å². The minimum absolute atomic E-state index is 0.112. The van der Waals surface area contributed by atoms with Crippen LogP contribution in [0.3, 0.4) is 0 Å². The van der Waals surface area contributed by atoms with E-state index in [1.807, 2.05) is 0 Å². The molecule has 4 aromatic rings. The summed E-state index contributed by atoms with van der Waals surface area (Å²) in [6, 6.07) is 7.82. The SMILES string of the molecule is COc1ccc(F)cc1-c1ccc2nc(NC(=O)Cn3ccnc3)nn2c1. The Bertz CT molecular complexity index is 1110. The van der Waals surface area contributed by atoms with Gasteiger partial charge in [0.15, 0.2) is 5.65 Å². The predicted octanol–water partition coefficient (Wildman–Crippen LogP) is 2.38. The average molecular weight is 366 g/mol. The first-order valence-corrected chi connectivity index (χ1v) is 8.08. The highest BCUT2D eigenvalue weighted by molar-refractivity contribution is 5.89. The smallest absolute Gasteiger partial charge is 0.249 e. The quantitative estimate of drug-likeness (QED) is 0.586. The fourth-order valence-electron chi connectivity index (χ4n) is 2.71. The van der Waals surface area contributed by atoms with Crippen molar-refractivity contribution < 1.29 is 13.9 Å². The Hall–Kier alpha value is -3.75. The average Bonchev–Trinajstić information content (AvgIpc) is 3.29. The molecule has 0 fully saturated rings. The van der Waals surface area contributed by atoms with Gasteiger partial charge in [0.05, 0.1) is 13.4 Å². The van der Waals surface area contributed by atoms with Crippen LogP contribution < -0.4 is 10.1 Å². The monoisotopic (exact) mass is 366 g/mol. The molecule has 8 nitrogen and oxygen atoms in total. The lowest BCUT2D eigenvalue weighted by molar-refractivity contribution is -0.116. The summed E-state index contributed by atoms with van der Waals surface area (Å²) in [5.74, 6) is 0.0982. The minimum Gasteiger partial charge on any atom is -0.496 e. The summed E-state index contributed by atoms with van der Waals surface area (Å²) < 4.78 is 22.1. The number of pyridine rings is 1. The van der Waals surface area contributed by atoms with E-state index in [-0.39, 0.29) is 24.2 Å². The van der Waals surface area contributed by atoms with Gasteiger partial charge in [0.1, 0.15) is 18.1 Å². The lowest BCUT2D eigenvalue weighted by Gasteiger charge is -2.08. The number of halogens is 1. The van der Waals surface area contributed by atoms with E-state index in [9.17, 15) is 9.18 Å². The van der Waals surface area contributed by atoms with E-state index in [1.165, 1.54) is 23.8 Å². The molecular formula is C18H15FN6O2. The zero-order valence-electron chi connectivity index (χ0n) is 14.3. The normalized spacial score (nSPS) is 10.9. The fourth-order valence-corrected chi connectivity index (χ4v) is 2.71. The molecule has 0 spiro atoms. The maximum absolute atomic E-state index is 13.6. The van der Waals surface area contributed by atoms with Crippen molar-refractivity contribution in [1.29, 1.82) is 0 Å². The molecule has 4 rings (SSSR count). The lowest BCUT2D eigenvalue weighted by atomic mass is 10.1. The second-order valence-corrected chi connectivity index (χ2v) is 5.78. The number of carbonyl (C=O) groups is 1. The van der Waals surface area contributed by atoms with Gasteiger partial charge in [-0.15, -0.1) is 5.10 Å². The summed E-state index contributed by atoms with van der Waals surface area (Å²) in [5, 5.41) is 6.91. The van der Waals surface area contributed by atoms with Crippen molar-refractivity contribution >= 4 is 17.5 Å². The summed E-state index contributed by atoms with van der Waals surface area (Å²) in [5.41, 5.74) is 1.85. The Morgan fingerprint density at radius 2 is 2.19 bits per heavy atom. The van der Waals surface area contributed by atoms with Crippen LogP contribution in [0, 0.1) is 5.82 Å². The molecule has 0 aliphatic rings. The number of hydrogen-bond donors (Lipinski definition) is 1. The van der Waals surface area contributed by atoms with E-state index in [0.717, 1.165) is 0 Å². The number of imidazole rings is 1. The first-order chi connectivity index (χ1) is 13.1. The first kappa shape index (κ1) is 16.7. The highest BCUT2D eigenvalue weighted by Gasteiger charge is 2.12. The number of amides is 1. The van der Waals surface area contributed by atoms with Crippen molar-refractivity contribution in [3.8, 4) is 16.9 Å². The van der Waals surface area contributed by atoms with Gasteiger partial charge in [-0.3, -0.25) is 10.1 Å². The highest BCUT2D eigenvalue weighted by atomic mass is 19.1. The summed E-state index contributed by atoms with van der Waals surface area (Å²) in [4.78, 5) is 20.2. The molecule has 0 aliphatic carbocycles. The van der Waals surface area contributed by atoms with E-state index in [1.54, 1.807) is 47.7 Å². The zero-order valence-corrected chi connectivity index (χ0v) is 14.3. The van der Waals surface area contributed by atoms with Crippen LogP contribution in [0.1, 0.15) is 0 Å². The lowest BCUT2D eigenvalue weighted by Crippen LogP contribution is -2.18. The van der Waals surface area contributed by atoms with Gasteiger partial charge >= 0.3 is 0 Å². The molecule has 0 bridgehead atoms. The van der Waals surface area contributed by atoms with Gasteiger partial charge < -0.3 is 9.30 Å². The standard InChI is InChI=1S/C18H15FN6O2/c1-27-15-4-3-13(19)8-14(15)12-2-5-16-21-18(23-25(16)9-12)22-17(26)10-24-7-6-20-11-24/h2-9,11H,10H2,1H3,(H,22,23,26). The van der Waals surface area contributed by atoms with Gasteiger partial charge in [-0.05, 0) is 30.3 Å². The molecule has 0 saturated heterocycles. The van der Waals surface area contributed by atoms with Gasteiger partial charge in [0, 0.05) is 29.7 Å². The number of anilines is 1. The second-order valence-electron chi connectivity index (χ2n) is 5.78. The van der Waals surface area contributed by atoms with Crippen molar-refractivity contribution in [1.82, 2.24) is 24.1 Å². The van der Waals surface area contributed by atoms with Crippen molar-refractivity contribution in [2.24, 2.45) is 0 Å². The van der Waals surface area contributed by atoms with Crippen molar-refractivity contribution in [2.75, 3.05) is 12.4 Å². The maximum atomic E-state index is 13.6. The third-order valence-corrected chi connectivity index (χ3v) is 3.94. The first-order valence-electron chi connectivity index (χ1n) is 8.08. The topological polar surface area (TPSA) is 86.3 Å². The van der Waals surface area contributed by atoms with Gasteiger partial charge in [-0.2, -0.15) is 4.98 Å². The minimum atomic E-state index is -0.364. The molecule has 3 aromatic heterocycles. The van der Waals surface area contributed by atoms with E-state index in [4.69, 9.17) is 4.74 Å². The number of ether oxygens (including phenoxy) is 1. The van der Waals surface area contributed by atoms with Gasteiger partial charge in [-0.1, -0.05) is 0 Å². The maximum Gasteiger partial charge on any atom is 0.249 e. The molecule has 0 unspecified atom stereocenters. The summed E-state index contributed by atoms with van der Waals surface area (Å²) in [6.07, 6.45) is 6.54. The predicted molar refractivity (Wildman–Crippen MR) is 95.8 cm³/mol. The van der Waals surface area contributed by atoms with Crippen LogP contribution in [0.15, 0.2) is 55.2 Å². The third kappa shape index (κ3) is 3.47. The van der Waals surface area contributed by atoms with E-state index in [2.05, 4.69) is 20.4 Å². The molecule has 1 amide bonds. The summed E-state index contributed by atoms with van der Waals surface area (Å²) in [6.45, 7) is 0.112. The largest absolute Gasteiger partial charge is 0.496 e. The number of rotatable bonds is 5. The fraction of sp³-hybridized carbons (Fsp3) is 0.111. The molecule has 9 heteroatoms.